The summed E-state index contributed by atoms with van der Waals surface area (Å²) >= 11 is 0. The van der Waals surface area contributed by atoms with Gasteiger partial charge in [0.2, 0.25) is 5.91 Å². The highest BCUT2D eigenvalue weighted by Crippen LogP contribution is 2.37. The van der Waals surface area contributed by atoms with Crippen LogP contribution in [0, 0.1) is 17.2 Å². The van der Waals surface area contributed by atoms with Crippen LogP contribution in [0.3, 0.4) is 0 Å². The number of hydrogen-bond acceptors (Lipinski definition) is 3. The molecular weight excluding hydrogens is 238 g/mol. The molecule has 3 rings (SSSR count). The van der Waals surface area contributed by atoms with Crippen LogP contribution in [0.15, 0.2) is 24.3 Å². The lowest BCUT2D eigenvalue weighted by Gasteiger charge is -2.38. The van der Waals surface area contributed by atoms with Crippen molar-refractivity contribution in [3.05, 3.63) is 35.4 Å². The molecule has 0 radical (unpaired) electrons. The highest BCUT2D eigenvalue weighted by Gasteiger charge is 2.44. The number of nitrogens with one attached hydrogen (secondary N) is 1. The minimum Gasteiger partial charge on any atom is -0.344 e. The molecule has 2 saturated heterocycles. The van der Waals surface area contributed by atoms with Gasteiger partial charge in [0.15, 0.2) is 0 Å². The summed E-state index contributed by atoms with van der Waals surface area (Å²) in [5.74, 6) is 0.892. The Labute approximate surface area is 113 Å². The van der Waals surface area contributed by atoms with Gasteiger partial charge in [0.1, 0.15) is 0 Å². The molecule has 2 aliphatic rings. The number of likely N-dealkylation sites (N-methyl/N-ethyl adjacent to an activating group) is 1. The number of rotatable bonds is 1. The van der Waals surface area contributed by atoms with E-state index in [0.717, 1.165) is 19.5 Å². The molecule has 2 heterocycles. The Hall–Kier alpha value is -1.86. The smallest absolute Gasteiger partial charge is 0.239 e. The Kier molecular flexibility index (Phi) is 3.00. The Morgan fingerprint density at radius 1 is 1.47 bits per heavy atom. The van der Waals surface area contributed by atoms with E-state index in [-0.39, 0.29) is 11.9 Å². The Morgan fingerprint density at radius 3 is 3.11 bits per heavy atom. The molecule has 1 amide bonds. The van der Waals surface area contributed by atoms with Crippen LogP contribution < -0.4 is 5.32 Å². The van der Waals surface area contributed by atoms with Gasteiger partial charge in [0, 0.05) is 19.5 Å². The normalized spacial score (nSPS) is 30.0. The van der Waals surface area contributed by atoms with E-state index in [9.17, 15) is 4.79 Å². The first-order chi connectivity index (χ1) is 9.20. The van der Waals surface area contributed by atoms with Crippen LogP contribution in [0.25, 0.3) is 0 Å². The third-order valence-corrected chi connectivity index (χ3v) is 4.34. The van der Waals surface area contributed by atoms with Gasteiger partial charge in [-0.25, -0.2) is 0 Å². The SMILES string of the molecule is CN1CC(c2cccc(C#N)c2)C2CCNC2C1=O. The van der Waals surface area contributed by atoms with E-state index in [1.54, 1.807) is 0 Å². The van der Waals surface area contributed by atoms with Crippen molar-refractivity contribution in [3.63, 3.8) is 0 Å². The van der Waals surface area contributed by atoms with Crippen molar-refractivity contribution >= 4 is 5.91 Å². The predicted octanol–water partition coefficient (Wildman–Crippen LogP) is 1.09. The third-order valence-electron chi connectivity index (χ3n) is 4.34. The Balaban J connectivity index is 1.95. The maximum atomic E-state index is 12.1. The van der Waals surface area contributed by atoms with Crippen LogP contribution in [0.2, 0.25) is 0 Å². The number of likely N-dealkylation sites (tertiary alicyclic amines) is 1. The van der Waals surface area contributed by atoms with Gasteiger partial charge >= 0.3 is 0 Å². The van der Waals surface area contributed by atoms with Gasteiger partial charge < -0.3 is 10.2 Å². The maximum absolute atomic E-state index is 12.1. The molecule has 0 aromatic heterocycles. The van der Waals surface area contributed by atoms with E-state index in [4.69, 9.17) is 5.26 Å². The lowest BCUT2D eigenvalue weighted by Crippen LogP contribution is -2.52. The number of carbonyl (C=O) groups is 1. The molecule has 3 atom stereocenters. The van der Waals surface area contributed by atoms with Crippen molar-refractivity contribution in [2.75, 3.05) is 20.1 Å². The van der Waals surface area contributed by atoms with Gasteiger partial charge in [-0.05, 0) is 36.6 Å². The summed E-state index contributed by atoms with van der Waals surface area (Å²) in [6.07, 6.45) is 1.03. The molecule has 0 aliphatic carbocycles. The quantitative estimate of drug-likeness (QED) is 0.817. The molecule has 0 spiro atoms. The van der Waals surface area contributed by atoms with Crippen LogP contribution in [0.1, 0.15) is 23.5 Å². The average Bonchev–Trinajstić information content (AvgIpc) is 2.92. The van der Waals surface area contributed by atoms with Crippen molar-refractivity contribution < 1.29 is 4.79 Å². The summed E-state index contributed by atoms with van der Waals surface area (Å²) < 4.78 is 0. The molecule has 1 aromatic rings. The van der Waals surface area contributed by atoms with Gasteiger partial charge in [-0.3, -0.25) is 4.79 Å². The summed E-state index contributed by atoms with van der Waals surface area (Å²) in [5, 5.41) is 12.3. The monoisotopic (exact) mass is 255 g/mol. The molecule has 3 unspecified atom stereocenters. The first-order valence-electron chi connectivity index (χ1n) is 6.69. The summed E-state index contributed by atoms with van der Waals surface area (Å²) in [6, 6.07) is 9.94. The number of benzene rings is 1. The minimum atomic E-state index is -0.0468. The van der Waals surface area contributed by atoms with Gasteiger partial charge in [-0.1, -0.05) is 12.1 Å². The van der Waals surface area contributed by atoms with Crippen molar-refractivity contribution in [3.8, 4) is 6.07 Å². The van der Waals surface area contributed by atoms with Gasteiger partial charge in [-0.2, -0.15) is 5.26 Å². The molecule has 1 aromatic carbocycles. The minimum absolute atomic E-state index is 0.0468. The fraction of sp³-hybridized carbons (Fsp3) is 0.467. The first kappa shape index (κ1) is 12.2. The molecule has 0 bridgehead atoms. The second-order valence-corrected chi connectivity index (χ2v) is 5.45. The zero-order chi connectivity index (χ0) is 13.4. The number of nitriles is 1. The maximum Gasteiger partial charge on any atom is 0.239 e. The fourth-order valence-electron chi connectivity index (χ4n) is 3.38. The van der Waals surface area contributed by atoms with Crippen LogP contribution in [0.5, 0.6) is 0 Å². The van der Waals surface area contributed by atoms with Gasteiger partial charge in [-0.15, -0.1) is 0 Å². The number of nitrogens with zero attached hydrogens (tertiary/aromatic N) is 2. The second kappa shape index (κ2) is 4.67. The highest BCUT2D eigenvalue weighted by atomic mass is 16.2. The van der Waals surface area contributed by atoms with E-state index < -0.39 is 0 Å². The van der Waals surface area contributed by atoms with E-state index in [1.165, 1.54) is 5.56 Å². The average molecular weight is 255 g/mol. The molecule has 4 heteroatoms. The molecular formula is C15H17N3O. The van der Waals surface area contributed by atoms with E-state index in [0.29, 0.717) is 17.4 Å². The van der Waals surface area contributed by atoms with E-state index >= 15 is 0 Å². The summed E-state index contributed by atoms with van der Waals surface area (Å²) in [6.45, 7) is 1.65. The van der Waals surface area contributed by atoms with Crippen LogP contribution >= 0.6 is 0 Å². The highest BCUT2D eigenvalue weighted by molar-refractivity contribution is 5.83. The predicted molar refractivity (Wildman–Crippen MR) is 71.4 cm³/mol. The van der Waals surface area contributed by atoms with Crippen molar-refractivity contribution in [2.24, 2.45) is 5.92 Å². The van der Waals surface area contributed by atoms with Gasteiger partial charge in [0.05, 0.1) is 17.7 Å². The van der Waals surface area contributed by atoms with Gasteiger partial charge in [0.25, 0.3) is 0 Å². The Bertz CT molecular complexity index is 549. The fourth-order valence-corrected chi connectivity index (χ4v) is 3.38. The largest absolute Gasteiger partial charge is 0.344 e. The van der Waals surface area contributed by atoms with Crippen molar-refractivity contribution in [2.45, 2.75) is 18.4 Å². The molecule has 4 nitrogen and oxygen atoms in total. The molecule has 19 heavy (non-hydrogen) atoms. The lowest BCUT2D eigenvalue weighted by molar-refractivity contribution is -0.136. The summed E-state index contributed by atoms with van der Waals surface area (Å²) in [5.41, 5.74) is 1.87. The first-order valence-corrected chi connectivity index (χ1v) is 6.69. The molecule has 98 valence electrons. The Morgan fingerprint density at radius 2 is 2.32 bits per heavy atom. The zero-order valence-corrected chi connectivity index (χ0v) is 11.0. The van der Waals surface area contributed by atoms with Crippen molar-refractivity contribution in [1.82, 2.24) is 10.2 Å². The standard InChI is InChI=1S/C15H17N3O/c1-18-9-13(11-4-2-3-10(7-11)8-16)12-5-6-17-14(12)15(18)19/h2-4,7,12-14,17H,5-6,9H2,1H3. The summed E-state index contributed by atoms with van der Waals surface area (Å²) in [4.78, 5) is 13.9. The van der Waals surface area contributed by atoms with E-state index in [1.807, 2.05) is 30.1 Å². The van der Waals surface area contributed by atoms with Crippen LogP contribution in [0.4, 0.5) is 0 Å². The van der Waals surface area contributed by atoms with E-state index in [2.05, 4.69) is 17.5 Å². The molecule has 0 saturated carbocycles. The molecule has 2 aliphatic heterocycles. The van der Waals surface area contributed by atoms with Crippen molar-refractivity contribution in [1.29, 1.82) is 5.26 Å². The zero-order valence-electron chi connectivity index (χ0n) is 11.0. The number of piperidine rings is 1. The number of carbonyl (C=O) groups excluding carboxylic acids is 1. The number of fused-ring (bicyclic) bond motifs is 1. The van der Waals surface area contributed by atoms with Crippen LogP contribution in [-0.4, -0.2) is 37.0 Å². The number of amides is 1. The second-order valence-electron chi connectivity index (χ2n) is 5.45. The third kappa shape index (κ3) is 2.00. The lowest BCUT2D eigenvalue weighted by atomic mass is 9.77. The molecule has 1 N–H and O–H groups in total. The van der Waals surface area contributed by atoms with Crippen LogP contribution in [-0.2, 0) is 4.79 Å². The molecule has 2 fully saturated rings. The topological polar surface area (TPSA) is 56.1 Å². The number of hydrogen-bond donors (Lipinski definition) is 1. The summed E-state index contributed by atoms with van der Waals surface area (Å²) in [7, 11) is 1.86.